The highest BCUT2D eigenvalue weighted by Crippen LogP contribution is 2.27. The normalized spacial score (nSPS) is 19.6. The van der Waals surface area contributed by atoms with E-state index in [-0.39, 0.29) is 5.91 Å². The van der Waals surface area contributed by atoms with Gasteiger partial charge in [-0.1, -0.05) is 6.07 Å². The zero-order valence-electron chi connectivity index (χ0n) is 9.45. The fraction of sp³-hybridized carbons (Fsp3) is 0.417. The van der Waals surface area contributed by atoms with Gasteiger partial charge in [0.2, 0.25) is 0 Å². The molecule has 86 valence electrons. The van der Waals surface area contributed by atoms with Gasteiger partial charge < -0.3 is 14.8 Å². The summed E-state index contributed by atoms with van der Waals surface area (Å²) >= 11 is 0. The molecule has 0 fully saturated rings. The van der Waals surface area contributed by atoms with Crippen LogP contribution in [0, 0.1) is 0 Å². The number of ether oxygens (including phenoxy) is 2. The fourth-order valence-corrected chi connectivity index (χ4v) is 1.96. The second kappa shape index (κ2) is 4.53. The molecule has 4 nitrogen and oxygen atoms in total. The lowest BCUT2D eigenvalue weighted by molar-refractivity contribution is -0.131. The van der Waals surface area contributed by atoms with Gasteiger partial charge >= 0.3 is 0 Å². The summed E-state index contributed by atoms with van der Waals surface area (Å²) in [5, 5.41) is 2.83. The lowest BCUT2D eigenvalue weighted by atomic mass is 10.0. The van der Waals surface area contributed by atoms with Crippen LogP contribution in [0.15, 0.2) is 18.2 Å². The van der Waals surface area contributed by atoms with Crippen LogP contribution in [0.3, 0.4) is 0 Å². The van der Waals surface area contributed by atoms with E-state index in [1.807, 2.05) is 18.2 Å². The van der Waals surface area contributed by atoms with Crippen LogP contribution in [0.5, 0.6) is 5.75 Å². The van der Waals surface area contributed by atoms with Gasteiger partial charge in [-0.05, 0) is 29.7 Å². The van der Waals surface area contributed by atoms with Gasteiger partial charge in [-0.2, -0.15) is 0 Å². The number of hydrogen-bond donors (Lipinski definition) is 1. The van der Waals surface area contributed by atoms with E-state index < -0.39 is 6.10 Å². The Balaban J connectivity index is 2.46. The topological polar surface area (TPSA) is 47.6 Å². The van der Waals surface area contributed by atoms with Gasteiger partial charge in [0.25, 0.3) is 5.91 Å². The number of benzene rings is 1. The highest BCUT2D eigenvalue weighted by molar-refractivity contribution is 5.83. The maximum absolute atomic E-state index is 11.7. The Bertz CT molecular complexity index is 403. The molecule has 1 unspecified atom stereocenters. The summed E-state index contributed by atoms with van der Waals surface area (Å²) in [5.41, 5.74) is 2.03. The van der Waals surface area contributed by atoms with Gasteiger partial charge in [-0.15, -0.1) is 0 Å². The van der Waals surface area contributed by atoms with Crippen molar-refractivity contribution in [1.82, 2.24) is 5.32 Å². The van der Waals surface area contributed by atoms with Gasteiger partial charge in [0.15, 0.2) is 6.10 Å². The van der Waals surface area contributed by atoms with E-state index in [2.05, 4.69) is 5.32 Å². The molecule has 1 atom stereocenters. The Morgan fingerprint density at radius 2 is 2.19 bits per heavy atom. The minimum atomic E-state index is -0.535. The predicted molar refractivity (Wildman–Crippen MR) is 59.5 cm³/mol. The predicted octanol–water partition coefficient (Wildman–Crippen LogP) is 1.05. The molecule has 16 heavy (non-hydrogen) atoms. The van der Waals surface area contributed by atoms with Crippen LogP contribution in [0.4, 0.5) is 0 Å². The minimum Gasteiger partial charge on any atom is -0.497 e. The van der Waals surface area contributed by atoms with Crippen molar-refractivity contribution in [3.8, 4) is 5.75 Å². The van der Waals surface area contributed by atoms with Crippen molar-refractivity contribution < 1.29 is 14.3 Å². The third-order valence-corrected chi connectivity index (χ3v) is 2.80. The molecule has 0 radical (unpaired) electrons. The fourth-order valence-electron chi connectivity index (χ4n) is 1.96. The maximum atomic E-state index is 11.7. The molecule has 1 aliphatic heterocycles. The summed E-state index contributed by atoms with van der Waals surface area (Å²) in [6, 6.07) is 5.76. The third-order valence-electron chi connectivity index (χ3n) is 2.80. The molecule has 1 aromatic carbocycles. The zero-order chi connectivity index (χ0) is 11.5. The molecule has 1 heterocycles. The van der Waals surface area contributed by atoms with Crippen LogP contribution in [0.25, 0.3) is 0 Å². The number of methoxy groups -OCH3 is 2. The van der Waals surface area contributed by atoms with E-state index in [0.717, 1.165) is 23.3 Å². The van der Waals surface area contributed by atoms with E-state index >= 15 is 0 Å². The average molecular weight is 221 g/mol. The van der Waals surface area contributed by atoms with E-state index in [1.54, 1.807) is 14.2 Å². The van der Waals surface area contributed by atoms with Gasteiger partial charge in [-0.25, -0.2) is 0 Å². The summed E-state index contributed by atoms with van der Waals surface area (Å²) in [5.74, 6) is 0.657. The average Bonchev–Trinajstić information content (AvgIpc) is 2.46. The molecule has 0 spiro atoms. The Hall–Kier alpha value is -1.55. The summed E-state index contributed by atoms with van der Waals surface area (Å²) in [6.45, 7) is 0.651. The van der Waals surface area contributed by atoms with Crippen LogP contribution in [0.2, 0.25) is 0 Å². The Kier molecular flexibility index (Phi) is 3.10. The first-order valence-corrected chi connectivity index (χ1v) is 5.23. The molecule has 1 aliphatic rings. The molecule has 0 aromatic heterocycles. The molecule has 0 bridgehead atoms. The van der Waals surface area contributed by atoms with Crippen LogP contribution < -0.4 is 10.1 Å². The van der Waals surface area contributed by atoms with Gasteiger partial charge in [0, 0.05) is 13.7 Å². The lowest BCUT2D eigenvalue weighted by Crippen LogP contribution is -2.29. The van der Waals surface area contributed by atoms with E-state index in [4.69, 9.17) is 9.47 Å². The smallest absolute Gasteiger partial charge is 0.253 e. The first kappa shape index (κ1) is 11.0. The van der Waals surface area contributed by atoms with E-state index in [0.29, 0.717) is 6.54 Å². The van der Waals surface area contributed by atoms with Gasteiger partial charge in [-0.3, -0.25) is 4.79 Å². The molecule has 2 rings (SSSR count). The number of fused-ring (bicyclic) bond motifs is 1. The largest absolute Gasteiger partial charge is 0.497 e. The molecular weight excluding hydrogens is 206 g/mol. The number of rotatable bonds is 2. The molecule has 4 heteroatoms. The number of hydrogen-bond acceptors (Lipinski definition) is 3. The van der Waals surface area contributed by atoms with Crippen molar-refractivity contribution in [2.45, 2.75) is 12.5 Å². The standard InChI is InChI=1S/C12H15NO3/c1-15-9-4-3-8-5-6-13-12(14)11(16-2)10(8)7-9/h3-4,7,11H,5-6H2,1-2H3,(H,13,14). The third kappa shape index (κ3) is 1.88. The van der Waals surface area contributed by atoms with Crippen molar-refractivity contribution in [2.75, 3.05) is 20.8 Å². The summed E-state index contributed by atoms with van der Waals surface area (Å²) in [6.07, 6.45) is 0.290. The van der Waals surface area contributed by atoms with Gasteiger partial charge in [0.1, 0.15) is 5.75 Å². The van der Waals surface area contributed by atoms with Crippen LogP contribution >= 0.6 is 0 Å². The van der Waals surface area contributed by atoms with Crippen LogP contribution in [-0.2, 0) is 16.0 Å². The summed E-state index contributed by atoms with van der Waals surface area (Å²) in [4.78, 5) is 11.7. The first-order valence-electron chi connectivity index (χ1n) is 5.23. The second-order valence-corrected chi connectivity index (χ2v) is 3.72. The molecule has 1 aromatic rings. The van der Waals surface area contributed by atoms with Gasteiger partial charge in [0.05, 0.1) is 7.11 Å². The minimum absolute atomic E-state index is 0.0884. The number of carbonyl (C=O) groups is 1. The Labute approximate surface area is 94.6 Å². The van der Waals surface area contributed by atoms with Crippen LogP contribution in [-0.4, -0.2) is 26.7 Å². The Morgan fingerprint density at radius 1 is 1.38 bits per heavy atom. The summed E-state index contributed by atoms with van der Waals surface area (Å²) in [7, 11) is 3.15. The van der Waals surface area contributed by atoms with E-state index in [1.165, 1.54) is 0 Å². The van der Waals surface area contributed by atoms with E-state index in [9.17, 15) is 4.79 Å². The molecule has 0 aliphatic carbocycles. The monoisotopic (exact) mass is 221 g/mol. The molecule has 0 saturated carbocycles. The highest BCUT2D eigenvalue weighted by atomic mass is 16.5. The number of amides is 1. The number of nitrogens with one attached hydrogen (secondary N) is 1. The van der Waals surface area contributed by atoms with Crippen molar-refractivity contribution in [1.29, 1.82) is 0 Å². The van der Waals surface area contributed by atoms with Crippen LogP contribution in [0.1, 0.15) is 17.2 Å². The quantitative estimate of drug-likeness (QED) is 0.812. The second-order valence-electron chi connectivity index (χ2n) is 3.72. The Morgan fingerprint density at radius 3 is 2.88 bits per heavy atom. The SMILES string of the molecule is COc1ccc2c(c1)C(OC)C(=O)NCC2. The molecule has 0 saturated heterocycles. The van der Waals surface area contributed by atoms with Crippen molar-refractivity contribution in [3.63, 3.8) is 0 Å². The molecule has 1 N–H and O–H groups in total. The van der Waals surface area contributed by atoms with Crippen molar-refractivity contribution in [3.05, 3.63) is 29.3 Å². The van der Waals surface area contributed by atoms with Crippen molar-refractivity contribution in [2.24, 2.45) is 0 Å². The number of carbonyl (C=O) groups excluding carboxylic acids is 1. The lowest BCUT2D eigenvalue weighted by Gasteiger charge is -2.15. The molecular formula is C12H15NO3. The highest BCUT2D eigenvalue weighted by Gasteiger charge is 2.25. The van der Waals surface area contributed by atoms with Crippen molar-refractivity contribution >= 4 is 5.91 Å². The maximum Gasteiger partial charge on any atom is 0.253 e. The molecule has 1 amide bonds. The first-order chi connectivity index (χ1) is 7.76. The summed E-state index contributed by atoms with van der Waals surface area (Å²) < 4.78 is 10.4. The zero-order valence-corrected chi connectivity index (χ0v) is 9.45.